The summed E-state index contributed by atoms with van der Waals surface area (Å²) in [5.74, 6) is 0.0121. The molecule has 1 saturated heterocycles. The highest BCUT2D eigenvalue weighted by atomic mass is 33.1. The number of methoxy groups -OCH3 is 1. The van der Waals surface area contributed by atoms with Gasteiger partial charge in [0, 0.05) is 23.1 Å². The molecule has 6 nitrogen and oxygen atoms in total. The van der Waals surface area contributed by atoms with Crippen molar-refractivity contribution in [3.8, 4) is 0 Å². The summed E-state index contributed by atoms with van der Waals surface area (Å²) in [6.07, 6.45) is 4.52. The second-order valence-corrected chi connectivity index (χ2v) is 8.64. The van der Waals surface area contributed by atoms with E-state index in [-0.39, 0.29) is 12.6 Å². The van der Waals surface area contributed by atoms with Gasteiger partial charge in [-0.25, -0.2) is 4.79 Å². The minimum atomic E-state index is -0.443. The number of amides is 1. The van der Waals surface area contributed by atoms with Crippen molar-refractivity contribution in [2.75, 3.05) is 24.8 Å². The molecule has 1 aromatic carbocycles. The van der Waals surface area contributed by atoms with Crippen LogP contribution in [0.5, 0.6) is 0 Å². The van der Waals surface area contributed by atoms with Crippen molar-refractivity contribution in [2.45, 2.75) is 37.4 Å². The molecule has 1 aromatic rings. The number of benzene rings is 1. The van der Waals surface area contributed by atoms with Crippen LogP contribution in [0.4, 0.5) is 5.69 Å². The van der Waals surface area contributed by atoms with Gasteiger partial charge in [-0.05, 0) is 43.5 Å². The van der Waals surface area contributed by atoms with Gasteiger partial charge in [-0.15, -0.1) is 0 Å². The van der Waals surface area contributed by atoms with E-state index in [1.54, 1.807) is 24.3 Å². The van der Waals surface area contributed by atoms with E-state index in [0.29, 0.717) is 22.9 Å². The number of esters is 2. The van der Waals surface area contributed by atoms with Crippen LogP contribution in [0, 0.1) is 0 Å². The van der Waals surface area contributed by atoms with Gasteiger partial charge in [-0.1, -0.05) is 28.0 Å². The van der Waals surface area contributed by atoms with Crippen LogP contribution in [-0.2, 0) is 19.1 Å². The predicted molar refractivity (Wildman–Crippen MR) is 104 cm³/mol. The zero-order valence-electron chi connectivity index (χ0n) is 14.7. The molecule has 1 aliphatic rings. The Labute approximate surface area is 161 Å². The molecule has 0 aromatic heterocycles. The van der Waals surface area contributed by atoms with Gasteiger partial charge in [0.2, 0.25) is 0 Å². The lowest BCUT2D eigenvalue weighted by Crippen LogP contribution is -2.20. The Bertz CT molecular complexity index is 615. The highest BCUT2D eigenvalue weighted by Gasteiger charge is 2.16. The van der Waals surface area contributed by atoms with Crippen molar-refractivity contribution < 1.29 is 23.9 Å². The highest BCUT2D eigenvalue weighted by Crippen LogP contribution is 2.39. The smallest absolute Gasteiger partial charge is 0.337 e. The first-order chi connectivity index (χ1) is 12.6. The summed E-state index contributed by atoms with van der Waals surface area (Å²) in [6, 6.07) is 6.28. The van der Waals surface area contributed by atoms with Crippen LogP contribution < -0.4 is 5.32 Å². The van der Waals surface area contributed by atoms with Crippen molar-refractivity contribution >= 4 is 45.1 Å². The van der Waals surface area contributed by atoms with Gasteiger partial charge < -0.3 is 14.8 Å². The van der Waals surface area contributed by atoms with Gasteiger partial charge in [0.25, 0.3) is 5.91 Å². The van der Waals surface area contributed by atoms with Crippen molar-refractivity contribution in [3.63, 3.8) is 0 Å². The maximum atomic E-state index is 11.8. The average molecular weight is 398 g/mol. The average Bonchev–Trinajstić information content (AvgIpc) is 3.17. The summed E-state index contributed by atoms with van der Waals surface area (Å²) in [5, 5.41) is 3.33. The molecule has 1 amide bonds. The topological polar surface area (TPSA) is 81.7 Å². The first-order valence-electron chi connectivity index (χ1n) is 8.50. The third kappa shape index (κ3) is 7.29. The number of nitrogens with one attached hydrogen (secondary N) is 1. The summed E-state index contributed by atoms with van der Waals surface area (Å²) in [5.41, 5.74) is 0.914. The van der Waals surface area contributed by atoms with Gasteiger partial charge >= 0.3 is 11.9 Å². The molecular formula is C18H23NO5S2. The van der Waals surface area contributed by atoms with E-state index < -0.39 is 11.9 Å². The molecule has 26 heavy (non-hydrogen) atoms. The maximum absolute atomic E-state index is 11.8. The predicted octanol–water partition coefficient (Wildman–Crippen LogP) is 3.67. The van der Waals surface area contributed by atoms with Crippen LogP contribution in [0.15, 0.2) is 24.3 Å². The summed E-state index contributed by atoms with van der Waals surface area (Å²) >= 11 is 0. The monoisotopic (exact) mass is 397 g/mol. The highest BCUT2D eigenvalue weighted by molar-refractivity contribution is 8.77. The van der Waals surface area contributed by atoms with E-state index in [9.17, 15) is 14.4 Å². The molecule has 2 rings (SSSR count). The lowest BCUT2D eigenvalue weighted by atomic mass is 10.1. The van der Waals surface area contributed by atoms with Crippen LogP contribution in [0.3, 0.4) is 0 Å². The van der Waals surface area contributed by atoms with E-state index >= 15 is 0 Å². The van der Waals surface area contributed by atoms with Crippen molar-refractivity contribution in [2.24, 2.45) is 0 Å². The van der Waals surface area contributed by atoms with Crippen molar-refractivity contribution in [1.29, 1.82) is 0 Å². The molecular weight excluding hydrogens is 374 g/mol. The normalized spacial score (nSPS) is 16.1. The summed E-state index contributed by atoms with van der Waals surface area (Å²) in [6.45, 7) is -0.313. The number of carbonyl (C=O) groups is 3. The van der Waals surface area contributed by atoms with Crippen molar-refractivity contribution in [3.05, 3.63) is 29.8 Å². The molecule has 1 heterocycles. The van der Waals surface area contributed by atoms with Crippen LogP contribution >= 0.6 is 21.6 Å². The van der Waals surface area contributed by atoms with Gasteiger partial charge in [-0.3, -0.25) is 9.59 Å². The zero-order chi connectivity index (χ0) is 18.8. The van der Waals surface area contributed by atoms with E-state index in [4.69, 9.17) is 4.74 Å². The van der Waals surface area contributed by atoms with Crippen LogP contribution in [0.1, 0.15) is 42.5 Å². The summed E-state index contributed by atoms with van der Waals surface area (Å²) in [7, 11) is 5.17. The first-order valence-corrected chi connectivity index (χ1v) is 10.9. The fraction of sp³-hybridized carbons (Fsp3) is 0.500. The van der Waals surface area contributed by atoms with Gasteiger partial charge in [0.05, 0.1) is 12.7 Å². The Kier molecular flexibility index (Phi) is 8.84. The quantitative estimate of drug-likeness (QED) is 0.387. The summed E-state index contributed by atoms with van der Waals surface area (Å²) < 4.78 is 9.60. The second kappa shape index (κ2) is 11.1. The molecule has 1 N–H and O–H groups in total. The molecule has 0 unspecified atom stereocenters. The Morgan fingerprint density at radius 3 is 2.62 bits per heavy atom. The molecule has 1 fully saturated rings. The largest absolute Gasteiger partial charge is 0.465 e. The molecule has 0 bridgehead atoms. The fourth-order valence-electron chi connectivity index (χ4n) is 2.43. The zero-order valence-corrected chi connectivity index (χ0v) is 16.3. The summed E-state index contributed by atoms with van der Waals surface area (Å²) in [4.78, 5) is 34.8. The third-order valence-corrected chi connectivity index (χ3v) is 6.85. The maximum Gasteiger partial charge on any atom is 0.337 e. The van der Waals surface area contributed by atoms with Crippen molar-refractivity contribution in [1.82, 2.24) is 0 Å². The molecule has 0 radical (unpaired) electrons. The second-order valence-electron chi connectivity index (χ2n) is 5.85. The van der Waals surface area contributed by atoms with Crippen LogP contribution in [0.25, 0.3) is 0 Å². The van der Waals surface area contributed by atoms with Crippen LogP contribution in [-0.4, -0.2) is 42.6 Å². The number of hydrogen-bond donors (Lipinski definition) is 1. The Morgan fingerprint density at radius 1 is 1.19 bits per heavy atom. The Balaban J connectivity index is 1.60. The lowest BCUT2D eigenvalue weighted by Gasteiger charge is -2.08. The first kappa shape index (κ1) is 20.6. The Hall–Kier alpha value is -1.67. The van der Waals surface area contributed by atoms with Crippen LogP contribution in [0.2, 0.25) is 0 Å². The van der Waals surface area contributed by atoms with Gasteiger partial charge in [0.1, 0.15) is 0 Å². The fourth-order valence-corrected chi connectivity index (χ4v) is 5.46. The van der Waals surface area contributed by atoms with E-state index in [0.717, 1.165) is 19.3 Å². The molecule has 1 atom stereocenters. The molecule has 0 saturated carbocycles. The lowest BCUT2D eigenvalue weighted by molar-refractivity contribution is -0.147. The molecule has 0 aliphatic carbocycles. The van der Waals surface area contributed by atoms with E-state index in [2.05, 4.69) is 10.1 Å². The SMILES string of the molecule is COC(=O)c1ccc(NC(=O)COC(=O)CCCC[C@@H]2CCSS2)cc1. The number of hydrogen-bond acceptors (Lipinski definition) is 7. The number of unbranched alkanes of at least 4 members (excludes halogenated alkanes) is 1. The number of anilines is 1. The molecule has 0 spiro atoms. The number of rotatable bonds is 9. The van der Waals surface area contributed by atoms with Gasteiger partial charge in [-0.2, -0.15) is 0 Å². The standard InChI is InChI=1S/C18H23NO5S2/c1-23-18(22)13-6-8-14(9-7-13)19-16(20)12-24-17(21)5-3-2-4-15-10-11-25-26-15/h6-9,15H,2-5,10-12H2,1H3,(H,19,20)/t15-/m1/s1. The van der Waals surface area contributed by atoms with E-state index in [1.807, 2.05) is 21.6 Å². The molecule has 1 aliphatic heterocycles. The minimum Gasteiger partial charge on any atom is -0.465 e. The Morgan fingerprint density at radius 2 is 1.96 bits per heavy atom. The molecule has 142 valence electrons. The van der Waals surface area contributed by atoms with Gasteiger partial charge in [0.15, 0.2) is 6.61 Å². The molecule has 8 heteroatoms. The van der Waals surface area contributed by atoms with E-state index in [1.165, 1.54) is 19.3 Å². The number of ether oxygens (including phenoxy) is 2. The third-order valence-electron chi connectivity index (χ3n) is 3.84. The minimum absolute atomic E-state index is 0.313. The number of carbonyl (C=O) groups excluding carboxylic acids is 3.